The molecule has 12 nitrogen and oxygen atoms in total. The van der Waals surface area contributed by atoms with E-state index in [1.807, 2.05) is 30.3 Å². The van der Waals surface area contributed by atoms with Gasteiger partial charge >= 0.3 is 17.9 Å². The van der Waals surface area contributed by atoms with E-state index in [-0.39, 0.29) is 71.9 Å². The Balaban J connectivity index is 1.49. The standard InChI is InChI=1S/C37H38Cl2N2O10/c1-22-30(36(45)48-3)31(26-14-9-15-27(38)33(26)39)32(37(46)51-21-29(47-2)23-10-5-4-6-11-23)28(41-22)20-50-19-18-49-17-16-40-34(42)24-12-7-8-13-25(24)35(43)44/h4-15,29,31,41H,16-21H2,1-3H3,(H,40,42)(H,43,44). The Labute approximate surface area is 305 Å². The van der Waals surface area contributed by atoms with Crippen LogP contribution in [0.25, 0.3) is 0 Å². The summed E-state index contributed by atoms with van der Waals surface area (Å²) in [6.07, 6.45) is -0.564. The fourth-order valence-corrected chi connectivity index (χ4v) is 5.89. The molecule has 3 aromatic rings. The van der Waals surface area contributed by atoms with Gasteiger partial charge in [0.15, 0.2) is 0 Å². The quantitative estimate of drug-likeness (QED) is 0.119. The number of nitrogens with one attached hydrogen (secondary N) is 2. The third-order valence-electron chi connectivity index (χ3n) is 7.94. The predicted octanol–water partition coefficient (Wildman–Crippen LogP) is 5.47. The lowest BCUT2D eigenvalue weighted by atomic mass is 9.80. The Morgan fingerprint density at radius 1 is 0.843 bits per heavy atom. The van der Waals surface area contributed by atoms with Crippen molar-refractivity contribution in [2.24, 2.45) is 0 Å². The van der Waals surface area contributed by atoms with Crippen molar-refractivity contribution in [1.82, 2.24) is 10.6 Å². The molecule has 2 atom stereocenters. The molecule has 270 valence electrons. The number of hydrogen-bond acceptors (Lipinski definition) is 10. The zero-order chi connectivity index (χ0) is 36.9. The number of esters is 2. The number of amides is 1. The van der Waals surface area contributed by atoms with Gasteiger partial charge in [0.1, 0.15) is 12.7 Å². The lowest BCUT2D eigenvalue weighted by molar-refractivity contribution is -0.143. The molecule has 0 bridgehead atoms. The monoisotopic (exact) mass is 740 g/mol. The maximum Gasteiger partial charge on any atom is 0.336 e. The van der Waals surface area contributed by atoms with E-state index in [0.717, 1.165) is 5.56 Å². The molecule has 0 saturated heterocycles. The molecular formula is C37H38Cl2N2O10. The zero-order valence-electron chi connectivity index (χ0n) is 28.2. The number of carbonyl (C=O) groups excluding carboxylic acids is 3. The molecule has 0 spiro atoms. The van der Waals surface area contributed by atoms with E-state index < -0.39 is 35.8 Å². The van der Waals surface area contributed by atoms with Crippen LogP contribution in [0.1, 0.15) is 50.8 Å². The molecule has 0 aromatic heterocycles. The van der Waals surface area contributed by atoms with Crippen LogP contribution in [0.4, 0.5) is 0 Å². The lowest BCUT2D eigenvalue weighted by Gasteiger charge is -2.32. The minimum atomic E-state index is -1.20. The van der Waals surface area contributed by atoms with E-state index in [2.05, 4.69) is 10.6 Å². The summed E-state index contributed by atoms with van der Waals surface area (Å²) in [5, 5.41) is 15.5. The van der Waals surface area contributed by atoms with Crippen molar-refractivity contribution < 1.29 is 48.0 Å². The Morgan fingerprint density at radius 3 is 2.22 bits per heavy atom. The third-order valence-corrected chi connectivity index (χ3v) is 8.77. The van der Waals surface area contributed by atoms with Crippen LogP contribution in [-0.2, 0) is 33.3 Å². The highest BCUT2D eigenvalue weighted by Gasteiger charge is 2.40. The number of dihydropyridines is 1. The van der Waals surface area contributed by atoms with Crippen molar-refractivity contribution in [2.45, 2.75) is 18.9 Å². The van der Waals surface area contributed by atoms with Crippen LogP contribution in [-0.4, -0.2) is 82.7 Å². The van der Waals surface area contributed by atoms with Gasteiger partial charge in [0.25, 0.3) is 5.91 Å². The Kier molecular flexibility index (Phi) is 14.6. The third kappa shape index (κ3) is 9.96. The molecule has 4 rings (SSSR count). The van der Waals surface area contributed by atoms with Crippen molar-refractivity contribution in [2.75, 3.05) is 53.8 Å². The molecule has 0 radical (unpaired) electrons. The van der Waals surface area contributed by atoms with Gasteiger partial charge in [-0.2, -0.15) is 0 Å². The Hall–Kier alpha value is -4.72. The van der Waals surface area contributed by atoms with Gasteiger partial charge < -0.3 is 39.4 Å². The Bertz CT molecular complexity index is 1790. The van der Waals surface area contributed by atoms with Gasteiger partial charge in [-0.3, -0.25) is 4.79 Å². The average Bonchev–Trinajstić information content (AvgIpc) is 3.13. The molecule has 51 heavy (non-hydrogen) atoms. The average molecular weight is 742 g/mol. The second kappa shape index (κ2) is 19.0. The van der Waals surface area contributed by atoms with Gasteiger partial charge in [0.05, 0.1) is 77.5 Å². The zero-order valence-corrected chi connectivity index (χ0v) is 29.7. The summed E-state index contributed by atoms with van der Waals surface area (Å²) < 4.78 is 28.0. The predicted molar refractivity (Wildman–Crippen MR) is 189 cm³/mol. The number of aromatic carboxylic acids is 1. The second-order valence-electron chi connectivity index (χ2n) is 11.1. The first-order chi connectivity index (χ1) is 24.6. The number of halogens is 2. The second-order valence-corrected chi connectivity index (χ2v) is 11.9. The minimum Gasteiger partial charge on any atom is -0.478 e. The molecule has 0 aliphatic carbocycles. The number of allylic oxidation sites excluding steroid dienone is 1. The van der Waals surface area contributed by atoms with Gasteiger partial charge in [-0.25, -0.2) is 14.4 Å². The van der Waals surface area contributed by atoms with Crippen LogP contribution in [0.3, 0.4) is 0 Å². The van der Waals surface area contributed by atoms with Gasteiger partial charge in [-0.1, -0.05) is 77.8 Å². The van der Waals surface area contributed by atoms with Crippen LogP contribution >= 0.6 is 23.2 Å². The number of rotatable bonds is 17. The van der Waals surface area contributed by atoms with Crippen LogP contribution in [0.2, 0.25) is 10.0 Å². The molecule has 3 aromatic carbocycles. The highest BCUT2D eigenvalue weighted by atomic mass is 35.5. The highest BCUT2D eigenvalue weighted by Crippen LogP contribution is 2.43. The molecule has 1 aliphatic rings. The normalized spacial score (nSPS) is 14.8. The molecule has 0 saturated carbocycles. The molecule has 1 amide bonds. The number of hydrogen-bond donors (Lipinski definition) is 3. The van der Waals surface area contributed by atoms with Crippen molar-refractivity contribution in [1.29, 1.82) is 0 Å². The first kappa shape index (κ1) is 39.1. The molecule has 2 unspecified atom stereocenters. The maximum atomic E-state index is 14.1. The van der Waals surface area contributed by atoms with Crippen LogP contribution in [0, 0.1) is 0 Å². The summed E-state index contributed by atoms with van der Waals surface area (Å²) in [5.41, 5.74) is 2.08. The van der Waals surface area contributed by atoms with E-state index >= 15 is 0 Å². The first-order valence-electron chi connectivity index (χ1n) is 15.8. The van der Waals surface area contributed by atoms with E-state index in [4.69, 9.17) is 46.9 Å². The van der Waals surface area contributed by atoms with E-state index in [1.54, 1.807) is 37.3 Å². The van der Waals surface area contributed by atoms with Crippen molar-refractivity contribution in [3.63, 3.8) is 0 Å². The van der Waals surface area contributed by atoms with Crippen LogP contribution in [0.15, 0.2) is 95.3 Å². The number of ether oxygens (including phenoxy) is 5. The van der Waals surface area contributed by atoms with E-state index in [9.17, 15) is 24.3 Å². The number of carboxylic acids is 1. The molecule has 1 aliphatic heterocycles. The van der Waals surface area contributed by atoms with Crippen LogP contribution in [0.5, 0.6) is 0 Å². The summed E-state index contributed by atoms with van der Waals surface area (Å²) in [6, 6.07) is 20.1. The molecule has 3 N–H and O–H groups in total. The summed E-state index contributed by atoms with van der Waals surface area (Å²) in [5.74, 6) is -4.19. The molecule has 14 heteroatoms. The molecular weight excluding hydrogens is 703 g/mol. The SMILES string of the molecule is COC(=O)C1=C(C)NC(COCCOCCNC(=O)c2ccccc2C(=O)O)=C(C(=O)OCC(OC)c2ccccc2)C1c1cccc(Cl)c1Cl. The molecule has 0 fully saturated rings. The van der Waals surface area contributed by atoms with Crippen molar-refractivity contribution >= 4 is 47.0 Å². The number of carboxylic acid groups (broad SMARTS) is 1. The van der Waals surface area contributed by atoms with E-state index in [1.165, 1.54) is 26.4 Å². The van der Waals surface area contributed by atoms with Gasteiger partial charge in [-0.15, -0.1) is 0 Å². The fourth-order valence-electron chi connectivity index (χ4n) is 5.48. The highest BCUT2D eigenvalue weighted by molar-refractivity contribution is 6.42. The van der Waals surface area contributed by atoms with Crippen molar-refractivity contribution in [3.8, 4) is 0 Å². The first-order valence-corrected chi connectivity index (χ1v) is 16.6. The summed E-state index contributed by atoms with van der Waals surface area (Å²) in [6.45, 7) is 1.92. The number of methoxy groups -OCH3 is 2. The van der Waals surface area contributed by atoms with Gasteiger partial charge in [0, 0.05) is 19.4 Å². The Morgan fingerprint density at radius 2 is 1.53 bits per heavy atom. The number of benzene rings is 3. The smallest absolute Gasteiger partial charge is 0.336 e. The maximum absolute atomic E-state index is 14.1. The van der Waals surface area contributed by atoms with Gasteiger partial charge in [-0.05, 0) is 36.2 Å². The van der Waals surface area contributed by atoms with Gasteiger partial charge in [0.2, 0.25) is 0 Å². The van der Waals surface area contributed by atoms with Crippen LogP contribution < -0.4 is 10.6 Å². The number of carbonyl (C=O) groups is 4. The fraction of sp³-hybridized carbons (Fsp3) is 0.297. The topological polar surface area (TPSA) is 159 Å². The van der Waals surface area contributed by atoms with Crippen molar-refractivity contribution in [3.05, 3.63) is 128 Å². The summed E-state index contributed by atoms with van der Waals surface area (Å²) >= 11 is 13.1. The summed E-state index contributed by atoms with van der Waals surface area (Å²) in [7, 11) is 2.75. The summed E-state index contributed by atoms with van der Waals surface area (Å²) in [4.78, 5) is 51.1. The largest absolute Gasteiger partial charge is 0.478 e. The minimum absolute atomic E-state index is 0.0470. The van der Waals surface area contributed by atoms with E-state index in [0.29, 0.717) is 17.0 Å². The molecule has 1 heterocycles. The lowest BCUT2D eigenvalue weighted by Crippen LogP contribution is -2.35.